The Balaban J connectivity index is 0.492. The van der Waals surface area contributed by atoms with E-state index in [9.17, 15) is 0 Å². The molecule has 22 aromatic rings. The Bertz CT molecular complexity index is 7880. The highest BCUT2D eigenvalue weighted by Crippen LogP contribution is 2.49. The highest BCUT2D eigenvalue weighted by atomic mass is 15.2. The quantitative estimate of drug-likeness (QED) is 0.0802. The van der Waals surface area contributed by atoms with E-state index in [1.807, 2.05) is 0 Å². The zero-order valence-corrected chi connectivity index (χ0v) is 70.5. The van der Waals surface area contributed by atoms with E-state index in [4.69, 9.17) is 0 Å². The molecule has 0 radical (unpaired) electrons. The summed E-state index contributed by atoms with van der Waals surface area (Å²) in [5.74, 6) is 0. The van der Waals surface area contributed by atoms with Crippen LogP contribution >= 0.6 is 0 Å². The van der Waals surface area contributed by atoms with Gasteiger partial charge in [-0.3, -0.25) is 0 Å². The second-order valence-electron chi connectivity index (χ2n) is 33.3. The third-order valence-corrected chi connectivity index (χ3v) is 25.9. The molecule has 0 unspecified atom stereocenters. The molecule has 0 saturated carbocycles. The molecule has 128 heavy (non-hydrogen) atoms. The lowest BCUT2D eigenvalue weighted by atomic mass is 9.93. The summed E-state index contributed by atoms with van der Waals surface area (Å²) in [6.45, 7) is 0. The molecule has 20 aromatic carbocycles. The van der Waals surface area contributed by atoms with E-state index in [0.717, 1.165) is 103 Å². The number of fused-ring (bicyclic) bond motifs is 7. The zero-order valence-electron chi connectivity index (χ0n) is 70.5. The summed E-state index contributed by atoms with van der Waals surface area (Å²) in [6.07, 6.45) is 6.71. The molecular weight excluding hydrogens is 1550 g/mol. The van der Waals surface area contributed by atoms with Crippen molar-refractivity contribution in [2.45, 2.75) is 12.8 Å². The van der Waals surface area contributed by atoms with Gasteiger partial charge in [0.2, 0.25) is 0 Å². The Hall–Kier alpha value is -16.7. The third kappa shape index (κ3) is 14.2. The van der Waals surface area contributed by atoms with Gasteiger partial charge in [0.1, 0.15) is 0 Å². The second-order valence-corrected chi connectivity index (χ2v) is 33.3. The molecule has 23 rings (SSSR count). The number of benzene rings is 20. The molecule has 0 saturated heterocycles. The maximum absolute atomic E-state index is 2.48. The van der Waals surface area contributed by atoms with Crippen molar-refractivity contribution in [1.29, 1.82) is 0 Å². The van der Waals surface area contributed by atoms with Gasteiger partial charge >= 0.3 is 0 Å². The van der Waals surface area contributed by atoms with Crippen molar-refractivity contribution in [2.24, 2.45) is 0 Å². The third-order valence-electron chi connectivity index (χ3n) is 25.9. The minimum atomic E-state index is 0.998. The van der Waals surface area contributed by atoms with Crippen molar-refractivity contribution in [3.8, 4) is 134 Å². The molecule has 0 fully saturated rings. The van der Waals surface area contributed by atoms with Crippen molar-refractivity contribution < 1.29 is 0 Å². The van der Waals surface area contributed by atoms with Crippen LogP contribution in [0, 0.1) is 0 Å². The molecule has 0 aliphatic heterocycles. The monoisotopic (exact) mass is 1630 g/mol. The topological polar surface area (TPSA) is 16.3 Å². The van der Waals surface area contributed by atoms with Crippen LogP contribution in [-0.4, -0.2) is 9.13 Å². The van der Waals surface area contributed by atoms with Crippen molar-refractivity contribution in [2.75, 3.05) is 9.80 Å². The SMILES string of the molecule is C1=Cc2c(n(-c3ccccc3)c3cccc(-c4cccc(-c5ccccc5N(c5ccc(-c6ccc(-c7ccccc7)cc6)cc5)c5ccc(-c6ccc(-c7ccc(-c8ccc(-c9ccc(-c%10ccc(N(c%11ccccc%11-c%11cccc(-c%12cccc%13c%12c%12ccccc%12n%13-c%12ccccc%12)c%11)c%11cccc%12ccccc%11%12)cc%10)cc9)cc8)cc7)cc6)cc5)c4)c23)CC1. The summed E-state index contributed by atoms with van der Waals surface area (Å²) in [7, 11) is 0. The van der Waals surface area contributed by atoms with Gasteiger partial charge in [-0.2, -0.15) is 0 Å². The Morgan fingerprint density at radius 1 is 0.195 bits per heavy atom. The fourth-order valence-electron chi connectivity index (χ4n) is 19.6. The Morgan fingerprint density at radius 3 is 0.961 bits per heavy atom. The molecule has 0 amide bonds. The maximum atomic E-state index is 2.48. The van der Waals surface area contributed by atoms with Crippen LogP contribution in [0.25, 0.3) is 183 Å². The van der Waals surface area contributed by atoms with Crippen molar-refractivity contribution in [3.05, 3.63) is 503 Å². The molecule has 4 heteroatoms. The smallest absolute Gasteiger partial charge is 0.0547 e. The van der Waals surface area contributed by atoms with Gasteiger partial charge < -0.3 is 18.9 Å². The first-order chi connectivity index (χ1) is 63.5. The van der Waals surface area contributed by atoms with Gasteiger partial charge in [0.15, 0.2) is 0 Å². The minimum Gasteiger partial charge on any atom is -0.313 e. The molecule has 2 heterocycles. The summed E-state index contributed by atoms with van der Waals surface area (Å²) >= 11 is 0. The van der Waals surface area contributed by atoms with Crippen molar-refractivity contribution in [3.63, 3.8) is 0 Å². The summed E-state index contributed by atoms with van der Waals surface area (Å²) in [4.78, 5) is 4.87. The molecule has 2 aromatic heterocycles. The van der Waals surface area contributed by atoms with E-state index in [0.29, 0.717) is 0 Å². The first kappa shape index (κ1) is 76.2. The second kappa shape index (κ2) is 33.2. The maximum Gasteiger partial charge on any atom is 0.0547 e. The largest absolute Gasteiger partial charge is 0.313 e. The zero-order chi connectivity index (χ0) is 84.8. The minimum absolute atomic E-state index is 0.998. The Morgan fingerprint density at radius 2 is 0.492 bits per heavy atom. The van der Waals surface area contributed by atoms with E-state index in [2.05, 4.69) is 516 Å². The fraction of sp³-hybridized carbons (Fsp3) is 0.0161. The lowest BCUT2D eigenvalue weighted by molar-refractivity contribution is 0.888. The summed E-state index contributed by atoms with van der Waals surface area (Å²) < 4.78 is 4.88. The van der Waals surface area contributed by atoms with Crippen LogP contribution in [0.5, 0.6) is 0 Å². The van der Waals surface area contributed by atoms with Gasteiger partial charge in [0.25, 0.3) is 0 Å². The molecule has 1 aliphatic carbocycles. The highest BCUT2D eigenvalue weighted by Gasteiger charge is 2.26. The van der Waals surface area contributed by atoms with Crippen molar-refractivity contribution in [1.82, 2.24) is 9.13 Å². The van der Waals surface area contributed by atoms with Gasteiger partial charge in [-0.05, 0) is 239 Å². The molecule has 0 bridgehead atoms. The standard InChI is InChI=1S/C124H86N4/c1-4-25-85(26-5-1)86-51-53-93(54-52-86)96-71-77-106(78-72-96)125(116-44-16-12-38-110(116)100-29-20-31-102(83-100)112-42-23-49-121-123(112)114-40-14-18-46-119(114)127(121)104-33-6-2-7-34-104)107-79-73-97(74-80-107)94-67-63-91(64-68-94)89-59-55-87(56-60-89)88-57-61-90(62-58-88)92-65-69-95(70-66-92)98-75-81-108(82-76-98)126(118-48-22-28-99-27-10-11-37-109(99)118)117-45-17-13-39-111(117)101-30-21-32-103(84-101)113-43-24-50-122-124(113)115-41-15-19-47-120(115)128(122)105-35-8-3-9-36-105/h1-17,19-45,47-84H,18,46H2. The first-order valence-corrected chi connectivity index (χ1v) is 44.3. The average Bonchev–Trinajstić information content (AvgIpc) is 1.59. The number of hydrogen-bond donors (Lipinski definition) is 0. The lowest BCUT2D eigenvalue weighted by Gasteiger charge is -2.29. The Labute approximate surface area is 746 Å². The summed E-state index contributed by atoms with van der Waals surface area (Å²) in [5.41, 5.74) is 40.9. The predicted molar refractivity (Wildman–Crippen MR) is 542 cm³/mol. The Kier molecular flexibility index (Phi) is 19.8. The van der Waals surface area contributed by atoms with Gasteiger partial charge in [-0.15, -0.1) is 0 Å². The van der Waals surface area contributed by atoms with Crippen molar-refractivity contribution >= 4 is 83.7 Å². The summed E-state index contributed by atoms with van der Waals surface area (Å²) in [6, 6.07) is 178. The summed E-state index contributed by atoms with van der Waals surface area (Å²) in [5, 5.41) is 6.15. The van der Waals surface area contributed by atoms with Gasteiger partial charge in [0, 0.05) is 72.4 Å². The fourth-order valence-corrected chi connectivity index (χ4v) is 19.6. The highest BCUT2D eigenvalue weighted by molar-refractivity contribution is 6.16. The molecule has 602 valence electrons. The van der Waals surface area contributed by atoms with Gasteiger partial charge in [-0.25, -0.2) is 0 Å². The number of para-hydroxylation sites is 5. The normalized spacial score (nSPS) is 11.8. The number of nitrogens with zero attached hydrogens (tertiary/aromatic N) is 4. The van der Waals surface area contributed by atoms with E-state index in [-0.39, 0.29) is 0 Å². The first-order valence-electron chi connectivity index (χ1n) is 44.3. The van der Waals surface area contributed by atoms with Crippen LogP contribution < -0.4 is 9.80 Å². The molecule has 0 atom stereocenters. The predicted octanol–water partition coefficient (Wildman–Crippen LogP) is 34.1. The number of allylic oxidation sites excluding steroid dienone is 1. The van der Waals surface area contributed by atoms with E-state index < -0.39 is 0 Å². The molecule has 1 aliphatic rings. The number of anilines is 6. The number of rotatable bonds is 19. The van der Waals surface area contributed by atoms with E-state index >= 15 is 0 Å². The average molecular weight is 1630 g/mol. The van der Waals surface area contributed by atoms with E-state index in [1.54, 1.807) is 0 Å². The van der Waals surface area contributed by atoms with Crippen LogP contribution in [-0.2, 0) is 6.42 Å². The van der Waals surface area contributed by atoms with Gasteiger partial charge in [-0.1, -0.05) is 388 Å². The van der Waals surface area contributed by atoms with Crippen LogP contribution in [0.4, 0.5) is 34.1 Å². The van der Waals surface area contributed by atoms with Crippen LogP contribution in [0.2, 0.25) is 0 Å². The molecular formula is C124H86N4. The van der Waals surface area contributed by atoms with Gasteiger partial charge in [0.05, 0.1) is 33.6 Å². The lowest BCUT2D eigenvalue weighted by Crippen LogP contribution is -2.11. The molecule has 0 spiro atoms. The molecule has 0 N–H and O–H groups in total. The van der Waals surface area contributed by atoms with Crippen LogP contribution in [0.1, 0.15) is 17.7 Å². The number of hydrogen-bond acceptors (Lipinski definition) is 2. The van der Waals surface area contributed by atoms with Crippen LogP contribution in [0.15, 0.2) is 491 Å². The van der Waals surface area contributed by atoms with Crippen LogP contribution in [0.3, 0.4) is 0 Å². The van der Waals surface area contributed by atoms with E-state index in [1.165, 1.54) is 133 Å². The number of aromatic nitrogens is 2. The molecule has 4 nitrogen and oxygen atoms in total.